The predicted octanol–water partition coefficient (Wildman–Crippen LogP) is 2.93. The smallest absolute Gasteiger partial charge is 0.274 e. The molecule has 0 N–H and O–H groups in total. The lowest BCUT2D eigenvalue weighted by Crippen LogP contribution is -2.35. The molecule has 0 aliphatic carbocycles. The summed E-state index contributed by atoms with van der Waals surface area (Å²) in [6.07, 6.45) is 5.66. The molecule has 0 saturated carbocycles. The molecule has 1 aliphatic heterocycles. The molecule has 0 aromatic carbocycles. The molecule has 0 bridgehead atoms. The quantitative estimate of drug-likeness (QED) is 0.806. The number of carbonyl (C=O) groups is 1. The molecule has 3 rings (SSSR count). The number of aryl methyl sites for hydroxylation is 1. The highest BCUT2D eigenvalue weighted by Crippen LogP contribution is 2.23. The van der Waals surface area contributed by atoms with E-state index in [0.29, 0.717) is 18.8 Å². The zero-order chi connectivity index (χ0) is 19.4. The van der Waals surface area contributed by atoms with E-state index in [-0.39, 0.29) is 11.3 Å². The molecule has 1 fully saturated rings. The molecule has 7 nitrogen and oxygen atoms in total. The van der Waals surface area contributed by atoms with Crippen LogP contribution in [0.25, 0.3) is 0 Å². The van der Waals surface area contributed by atoms with E-state index in [0.717, 1.165) is 50.7 Å². The SMILES string of the molecule is CCCn1ccc(C(=O)N2CCCN(Cc3ncc(C(C)(C)C)o3)CC2)n1. The van der Waals surface area contributed by atoms with E-state index >= 15 is 0 Å². The van der Waals surface area contributed by atoms with Crippen molar-refractivity contribution in [1.29, 1.82) is 0 Å². The summed E-state index contributed by atoms with van der Waals surface area (Å²) in [4.78, 5) is 21.4. The molecule has 148 valence electrons. The van der Waals surface area contributed by atoms with Crippen LogP contribution in [-0.2, 0) is 18.5 Å². The van der Waals surface area contributed by atoms with Crippen molar-refractivity contribution in [3.63, 3.8) is 0 Å². The van der Waals surface area contributed by atoms with Crippen molar-refractivity contribution in [3.8, 4) is 0 Å². The van der Waals surface area contributed by atoms with Crippen molar-refractivity contribution in [2.75, 3.05) is 26.2 Å². The van der Waals surface area contributed by atoms with Crippen molar-refractivity contribution in [2.45, 2.75) is 59.0 Å². The highest BCUT2D eigenvalue weighted by atomic mass is 16.4. The molecule has 27 heavy (non-hydrogen) atoms. The van der Waals surface area contributed by atoms with E-state index in [1.54, 1.807) is 0 Å². The molecule has 0 atom stereocenters. The lowest BCUT2D eigenvalue weighted by molar-refractivity contribution is 0.0753. The average molecular weight is 374 g/mol. The van der Waals surface area contributed by atoms with Gasteiger partial charge in [-0.3, -0.25) is 14.4 Å². The fourth-order valence-electron chi connectivity index (χ4n) is 3.24. The van der Waals surface area contributed by atoms with Gasteiger partial charge in [0.1, 0.15) is 11.5 Å². The summed E-state index contributed by atoms with van der Waals surface area (Å²) in [6, 6.07) is 1.82. The van der Waals surface area contributed by atoms with Crippen LogP contribution in [0.4, 0.5) is 0 Å². The summed E-state index contributed by atoms with van der Waals surface area (Å²) in [5, 5.41) is 4.41. The Hall–Kier alpha value is -2.15. The minimum Gasteiger partial charge on any atom is -0.444 e. The van der Waals surface area contributed by atoms with Crippen LogP contribution >= 0.6 is 0 Å². The third-order valence-electron chi connectivity index (χ3n) is 4.84. The largest absolute Gasteiger partial charge is 0.444 e. The third kappa shape index (κ3) is 4.97. The van der Waals surface area contributed by atoms with Crippen LogP contribution in [0.5, 0.6) is 0 Å². The Morgan fingerprint density at radius 3 is 2.74 bits per heavy atom. The maximum atomic E-state index is 12.7. The van der Waals surface area contributed by atoms with Gasteiger partial charge in [0.2, 0.25) is 5.89 Å². The van der Waals surface area contributed by atoms with Crippen molar-refractivity contribution >= 4 is 5.91 Å². The van der Waals surface area contributed by atoms with Crippen LogP contribution in [0, 0.1) is 0 Å². The van der Waals surface area contributed by atoms with Crippen molar-refractivity contribution in [2.24, 2.45) is 0 Å². The standard InChI is InChI=1S/C20H31N5O2/c1-5-8-25-11-7-16(22-25)19(26)24-10-6-9-23(12-13-24)15-18-21-14-17(27-18)20(2,3)4/h7,11,14H,5-6,8-10,12-13,15H2,1-4H3. The normalized spacial score (nSPS) is 16.5. The van der Waals surface area contributed by atoms with Gasteiger partial charge in [-0.25, -0.2) is 4.98 Å². The second-order valence-electron chi connectivity index (χ2n) is 8.25. The Morgan fingerprint density at radius 2 is 2.04 bits per heavy atom. The highest BCUT2D eigenvalue weighted by molar-refractivity contribution is 5.92. The molecule has 1 saturated heterocycles. The van der Waals surface area contributed by atoms with Gasteiger partial charge in [-0.1, -0.05) is 27.7 Å². The molecule has 2 aromatic heterocycles. The predicted molar refractivity (Wildman–Crippen MR) is 104 cm³/mol. The number of hydrogen-bond acceptors (Lipinski definition) is 5. The van der Waals surface area contributed by atoms with E-state index in [4.69, 9.17) is 4.42 Å². The van der Waals surface area contributed by atoms with Gasteiger partial charge in [0, 0.05) is 44.3 Å². The fraction of sp³-hybridized carbons (Fsp3) is 0.650. The maximum absolute atomic E-state index is 12.7. The molecule has 1 aliphatic rings. The minimum absolute atomic E-state index is 0.0258. The summed E-state index contributed by atoms with van der Waals surface area (Å²) < 4.78 is 7.75. The van der Waals surface area contributed by atoms with E-state index in [2.05, 4.69) is 42.7 Å². The molecule has 3 heterocycles. The van der Waals surface area contributed by atoms with Crippen molar-refractivity contribution in [3.05, 3.63) is 35.8 Å². The summed E-state index contributed by atoms with van der Waals surface area (Å²) in [6.45, 7) is 13.2. The Labute approximate surface area is 161 Å². The first-order chi connectivity index (χ1) is 12.9. The van der Waals surface area contributed by atoms with E-state index < -0.39 is 0 Å². The number of nitrogens with zero attached hydrogens (tertiary/aromatic N) is 5. The minimum atomic E-state index is -0.0333. The molecule has 1 amide bonds. The lowest BCUT2D eigenvalue weighted by Gasteiger charge is -2.20. The van der Waals surface area contributed by atoms with Crippen LogP contribution in [0.3, 0.4) is 0 Å². The Balaban J connectivity index is 1.56. The second-order valence-corrected chi connectivity index (χ2v) is 8.25. The molecular formula is C20H31N5O2. The molecule has 7 heteroatoms. The molecule has 0 spiro atoms. The summed E-state index contributed by atoms with van der Waals surface area (Å²) in [5.41, 5.74) is 0.508. The fourth-order valence-corrected chi connectivity index (χ4v) is 3.24. The first-order valence-corrected chi connectivity index (χ1v) is 9.87. The van der Waals surface area contributed by atoms with Gasteiger partial charge in [-0.2, -0.15) is 5.10 Å². The third-order valence-corrected chi connectivity index (χ3v) is 4.84. The molecule has 0 radical (unpaired) electrons. The number of carbonyl (C=O) groups excluding carboxylic acids is 1. The number of rotatable bonds is 5. The lowest BCUT2D eigenvalue weighted by atomic mass is 9.94. The second kappa shape index (κ2) is 8.25. The van der Waals surface area contributed by atoms with E-state index in [1.165, 1.54) is 0 Å². The van der Waals surface area contributed by atoms with E-state index in [9.17, 15) is 4.79 Å². The van der Waals surface area contributed by atoms with Crippen LogP contribution in [0.1, 0.15) is 62.7 Å². The monoisotopic (exact) mass is 373 g/mol. The molecule has 2 aromatic rings. The van der Waals surface area contributed by atoms with Gasteiger partial charge in [-0.05, 0) is 18.9 Å². The summed E-state index contributed by atoms with van der Waals surface area (Å²) >= 11 is 0. The van der Waals surface area contributed by atoms with E-state index in [1.807, 2.05) is 28.0 Å². The summed E-state index contributed by atoms with van der Waals surface area (Å²) in [7, 11) is 0. The zero-order valence-electron chi connectivity index (χ0n) is 16.9. The van der Waals surface area contributed by atoms with Crippen LogP contribution in [-0.4, -0.2) is 56.7 Å². The molecule has 0 unspecified atom stereocenters. The number of aromatic nitrogens is 3. The Kier molecular flexibility index (Phi) is 5.99. The summed E-state index contributed by atoms with van der Waals surface area (Å²) in [5.74, 6) is 1.68. The zero-order valence-corrected chi connectivity index (χ0v) is 16.9. The Morgan fingerprint density at radius 1 is 1.22 bits per heavy atom. The number of hydrogen-bond donors (Lipinski definition) is 0. The van der Waals surface area contributed by atoms with Crippen molar-refractivity contribution < 1.29 is 9.21 Å². The van der Waals surface area contributed by atoms with Crippen molar-refractivity contribution in [1.82, 2.24) is 24.6 Å². The highest BCUT2D eigenvalue weighted by Gasteiger charge is 2.24. The van der Waals surface area contributed by atoms with Gasteiger partial charge in [0.25, 0.3) is 5.91 Å². The van der Waals surface area contributed by atoms with Gasteiger partial charge < -0.3 is 9.32 Å². The van der Waals surface area contributed by atoms with Crippen LogP contribution in [0.15, 0.2) is 22.9 Å². The van der Waals surface area contributed by atoms with Crippen LogP contribution in [0.2, 0.25) is 0 Å². The first kappa shape index (κ1) is 19.6. The van der Waals surface area contributed by atoms with Gasteiger partial charge in [0.05, 0.1) is 12.7 Å². The van der Waals surface area contributed by atoms with Gasteiger partial charge in [0.15, 0.2) is 0 Å². The first-order valence-electron chi connectivity index (χ1n) is 9.87. The van der Waals surface area contributed by atoms with Crippen LogP contribution < -0.4 is 0 Å². The Bertz CT molecular complexity index is 759. The maximum Gasteiger partial charge on any atom is 0.274 e. The average Bonchev–Trinajstić information content (AvgIpc) is 3.21. The van der Waals surface area contributed by atoms with Gasteiger partial charge >= 0.3 is 0 Å². The topological polar surface area (TPSA) is 67.4 Å². The number of oxazole rings is 1. The molecular weight excluding hydrogens is 342 g/mol. The van der Waals surface area contributed by atoms with Gasteiger partial charge in [-0.15, -0.1) is 0 Å². The number of amides is 1.